The fourth-order valence-corrected chi connectivity index (χ4v) is 4.38. The number of amides is 1. The second kappa shape index (κ2) is 8.87. The topological polar surface area (TPSA) is 66.7 Å². The summed E-state index contributed by atoms with van der Waals surface area (Å²) in [6, 6.07) is 3.75. The van der Waals surface area contributed by atoms with Crippen molar-refractivity contribution in [1.29, 1.82) is 0 Å². The normalized spacial score (nSPS) is 15.8. The van der Waals surface area contributed by atoms with Gasteiger partial charge >= 0.3 is 0 Å². The van der Waals surface area contributed by atoms with Gasteiger partial charge in [-0.25, -0.2) is 4.98 Å². The van der Waals surface area contributed by atoms with E-state index in [-0.39, 0.29) is 11.5 Å². The Bertz CT molecular complexity index is 1010. The molecule has 28 heavy (non-hydrogen) atoms. The first-order chi connectivity index (χ1) is 13.5. The highest BCUT2D eigenvalue weighted by molar-refractivity contribution is 8.26. The maximum Gasteiger partial charge on any atom is 0.267 e. The van der Waals surface area contributed by atoms with Crippen molar-refractivity contribution in [2.24, 2.45) is 0 Å². The number of rotatable bonds is 7. The number of nitrogens with zero attached hydrogens (tertiary/aromatic N) is 3. The number of anilines is 1. The van der Waals surface area contributed by atoms with Gasteiger partial charge < -0.3 is 5.32 Å². The van der Waals surface area contributed by atoms with Gasteiger partial charge in [0.05, 0.1) is 10.5 Å². The molecule has 0 aliphatic carbocycles. The third-order valence-electron chi connectivity index (χ3n) is 4.54. The van der Waals surface area contributed by atoms with Crippen LogP contribution in [0.4, 0.5) is 5.82 Å². The number of thioether (sulfide) groups is 1. The van der Waals surface area contributed by atoms with E-state index in [1.165, 1.54) is 21.1 Å². The summed E-state index contributed by atoms with van der Waals surface area (Å²) in [5, 5.41) is 3.28. The van der Waals surface area contributed by atoms with E-state index < -0.39 is 0 Å². The fraction of sp³-hybridized carbons (Fsp3) is 0.400. The molecule has 0 unspecified atom stereocenters. The van der Waals surface area contributed by atoms with Crippen molar-refractivity contribution in [2.75, 3.05) is 18.4 Å². The lowest BCUT2D eigenvalue weighted by Crippen LogP contribution is -2.27. The number of unbranched alkanes of at least 4 members (excludes halogenated alkanes) is 2. The molecular formula is C20H24N4O2S2. The van der Waals surface area contributed by atoms with Crippen molar-refractivity contribution in [2.45, 2.75) is 40.0 Å². The van der Waals surface area contributed by atoms with Crippen molar-refractivity contribution < 1.29 is 4.79 Å². The zero-order chi connectivity index (χ0) is 20.3. The molecule has 148 valence electrons. The molecule has 0 radical (unpaired) electrons. The number of hydrogen-bond acceptors (Lipinski definition) is 6. The number of aryl methyl sites for hydroxylation is 1. The summed E-state index contributed by atoms with van der Waals surface area (Å²) in [6.45, 7) is 7.18. The molecule has 0 bridgehead atoms. The number of nitrogens with one attached hydrogen (secondary N) is 1. The van der Waals surface area contributed by atoms with Gasteiger partial charge in [0.2, 0.25) is 0 Å². The standard InChI is InChI=1S/C20H24N4O2S2/c1-4-6-7-10-21-17-14(11-15-19(26)23(5-2)20(27)28-15)18(25)24-12-13(3)8-9-16(24)22-17/h8-9,11-12,21H,4-7,10H2,1-3H3. The Morgan fingerprint density at radius 3 is 2.71 bits per heavy atom. The minimum atomic E-state index is -0.201. The summed E-state index contributed by atoms with van der Waals surface area (Å²) in [5.74, 6) is 0.342. The molecule has 0 saturated carbocycles. The number of fused-ring (bicyclic) bond motifs is 1. The third kappa shape index (κ3) is 4.12. The Labute approximate surface area is 174 Å². The monoisotopic (exact) mass is 416 g/mol. The molecule has 1 amide bonds. The van der Waals surface area contributed by atoms with Gasteiger partial charge in [-0.3, -0.25) is 18.9 Å². The smallest absolute Gasteiger partial charge is 0.267 e. The van der Waals surface area contributed by atoms with E-state index in [1.807, 2.05) is 26.0 Å². The lowest BCUT2D eigenvalue weighted by atomic mass is 10.2. The number of hydrogen-bond donors (Lipinski definition) is 1. The van der Waals surface area contributed by atoms with E-state index in [0.717, 1.165) is 31.4 Å². The number of aromatic nitrogens is 2. The summed E-state index contributed by atoms with van der Waals surface area (Å²) in [5.41, 5.74) is 1.72. The molecule has 0 atom stereocenters. The quantitative estimate of drug-likeness (QED) is 0.420. The second-order valence-electron chi connectivity index (χ2n) is 6.67. The number of thiocarbonyl (C=S) groups is 1. The van der Waals surface area contributed by atoms with Crippen molar-refractivity contribution in [3.05, 3.63) is 44.7 Å². The lowest BCUT2D eigenvalue weighted by Gasteiger charge is -2.12. The summed E-state index contributed by atoms with van der Waals surface area (Å²) in [4.78, 5) is 32.4. The van der Waals surface area contributed by atoms with Crippen LogP contribution in [0.15, 0.2) is 28.0 Å². The zero-order valence-electron chi connectivity index (χ0n) is 16.3. The Morgan fingerprint density at radius 1 is 1.25 bits per heavy atom. The van der Waals surface area contributed by atoms with Gasteiger partial charge in [0.1, 0.15) is 15.8 Å². The van der Waals surface area contributed by atoms with Crippen LogP contribution in [0.1, 0.15) is 44.2 Å². The number of carbonyl (C=O) groups excluding carboxylic acids is 1. The second-order valence-corrected chi connectivity index (χ2v) is 8.35. The van der Waals surface area contributed by atoms with Crippen LogP contribution >= 0.6 is 24.0 Å². The van der Waals surface area contributed by atoms with E-state index in [9.17, 15) is 9.59 Å². The molecule has 3 heterocycles. The van der Waals surface area contributed by atoms with E-state index in [2.05, 4.69) is 17.2 Å². The summed E-state index contributed by atoms with van der Waals surface area (Å²) < 4.78 is 2.04. The number of carbonyl (C=O) groups is 1. The maximum atomic E-state index is 13.2. The molecule has 0 spiro atoms. The molecule has 3 rings (SSSR count). The fourth-order valence-electron chi connectivity index (χ4n) is 3.01. The highest BCUT2D eigenvalue weighted by atomic mass is 32.2. The molecular weight excluding hydrogens is 392 g/mol. The summed E-state index contributed by atoms with van der Waals surface area (Å²) in [6.07, 6.45) is 6.59. The van der Waals surface area contributed by atoms with Gasteiger partial charge in [-0.1, -0.05) is 49.8 Å². The Kier molecular flexibility index (Phi) is 6.51. The van der Waals surface area contributed by atoms with E-state index >= 15 is 0 Å². The van der Waals surface area contributed by atoms with Crippen LogP contribution in [0.25, 0.3) is 11.7 Å². The van der Waals surface area contributed by atoms with Crippen molar-refractivity contribution in [3.63, 3.8) is 0 Å². The van der Waals surface area contributed by atoms with Gasteiger partial charge in [0.15, 0.2) is 0 Å². The van der Waals surface area contributed by atoms with Gasteiger partial charge in [0.25, 0.3) is 11.5 Å². The largest absolute Gasteiger partial charge is 0.369 e. The van der Waals surface area contributed by atoms with Gasteiger partial charge in [-0.15, -0.1) is 0 Å². The Hall–Kier alpha value is -2.19. The predicted molar refractivity (Wildman–Crippen MR) is 120 cm³/mol. The Balaban J connectivity index is 2.09. The predicted octanol–water partition coefficient (Wildman–Crippen LogP) is 3.83. The first kappa shape index (κ1) is 20.5. The van der Waals surface area contributed by atoms with Crippen LogP contribution in [0.3, 0.4) is 0 Å². The highest BCUT2D eigenvalue weighted by Crippen LogP contribution is 2.32. The van der Waals surface area contributed by atoms with Crippen LogP contribution in [0.2, 0.25) is 0 Å². The molecule has 0 aromatic carbocycles. The lowest BCUT2D eigenvalue weighted by molar-refractivity contribution is -0.121. The first-order valence-electron chi connectivity index (χ1n) is 9.48. The van der Waals surface area contributed by atoms with Crippen LogP contribution < -0.4 is 10.9 Å². The molecule has 6 nitrogen and oxygen atoms in total. The van der Waals surface area contributed by atoms with Gasteiger partial charge in [-0.2, -0.15) is 0 Å². The molecule has 1 aliphatic heterocycles. The van der Waals surface area contributed by atoms with Crippen molar-refractivity contribution in [3.8, 4) is 0 Å². The maximum absolute atomic E-state index is 13.2. The van der Waals surface area contributed by atoms with E-state index in [0.29, 0.717) is 32.8 Å². The van der Waals surface area contributed by atoms with Crippen molar-refractivity contribution >= 4 is 51.7 Å². The number of pyridine rings is 1. The molecule has 2 aromatic rings. The molecule has 1 aliphatic rings. The molecule has 1 fully saturated rings. The van der Waals surface area contributed by atoms with Gasteiger partial charge in [0, 0.05) is 19.3 Å². The van der Waals surface area contributed by atoms with E-state index in [1.54, 1.807) is 12.3 Å². The first-order valence-corrected chi connectivity index (χ1v) is 10.7. The molecule has 1 N–H and O–H groups in total. The van der Waals surface area contributed by atoms with Gasteiger partial charge in [-0.05, 0) is 38.0 Å². The molecule has 2 aromatic heterocycles. The number of likely N-dealkylation sites (N-methyl/N-ethyl adjacent to an activating group) is 1. The molecule has 1 saturated heterocycles. The van der Waals surface area contributed by atoms with Crippen LogP contribution in [-0.2, 0) is 4.79 Å². The Morgan fingerprint density at radius 2 is 2.04 bits per heavy atom. The minimum Gasteiger partial charge on any atom is -0.369 e. The van der Waals surface area contributed by atoms with Crippen molar-refractivity contribution in [1.82, 2.24) is 14.3 Å². The third-order valence-corrected chi connectivity index (χ3v) is 5.92. The van der Waals surface area contributed by atoms with Crippen LogP contribution in [-0.4, -0.2) is 37.6 Å². The summed E-state index contributed by atoms with van der Waals surface area (Å²) in [7, 11) is 0. The zero-order valence-corrected chi connectivity index (χ0v) is 18.0. The summed E-state index contributed by atoms with van der Waals surface area (Å²) >= 11 is 6.51. The molecule has 8 heteroatoms. The van der Waals surface area contributed by atoms with Crippen LogP contribution in [0.5, 0.6) is 0 Å². The average molecular weight is 417 g/mol. The van der Waals surface area contributed by atoms with E-state index in [4.69, 9.17) is 12.2 Å². The SMILES string of the molecule is CCCCCNc1nc2ccc(C)cn2c(=O)c1C=C1SC(=S)N(CC)C1=O. The van der Waals surface area contributed by atoms with Crippen LogP contribution in [0, 0.1) is 6.92 Å². The minimum absolute atomic E-state index is 0.164. The average Bonchev–Trinajstić information content (AvgIpc) is 2.95. The highest BCUT2D eigenvalue weighted by Gasteiger charge is 2.31.